The molecule has 1 fully saturated rings. The zero-order valence-corrected chi connectivity index (χ0v) is 15.3. The Labute approximate surface area is 154 Å². The quantitative estimate of drug-likeness (QED) is 0.896. The second-order valence-electron chi connectivity index (χ2n) is 6.50. The fourth-order valence-electron chi connectivity index (χ4n) is 2.95. The molecule has 1 aliphatic rings. The number of hydrogen-bond acceptors (Lipinski definition) is 2. The van der Waals surface area contributed by atoms with E-state index >= 15 is 0 Å². The average Bonchev–Trinajstić information content (AvgIpc) is 2.63. The van der Waals surface area contributed by atoms with Crippen molar-refractivity contribution in [2.75, 3.05) is 38.0 Å². The summed E-state index contributed by atoms with van der Waals surface area (Å²) in [6, 6.07) is 15.9. The molecule has 0 unspecified atom stereocenters. The maximum atomic E-state index is 12.4. The lowest BCUT2D eigenvalue weighted by atomic mass is 10.1. The number of piperazine rings is 1. The molecule has 1 N–H and O–H groups in total. The third kappa shape index (κ3) is 5.21. The van der Waals surface area contributed by atoms with Gasteiger partial charge in [0.1, 0.15) is 0 Å². The average molecular weight is 358 g/mol. The van der Waals surface area contributed by atoms with Gasteiger partial charge >= 0.3 is 6.03 Å². The first kappa shape index (κ1) is 17.8. The van der Waals surface area contributed by atoms with Gasteiger partial charge in [-0.2, -0.15) is 0 Å². The van der Waals surface area contributed by atoms with Crippen LogP contribution in [-0.4, -0.2) is 48.6 Å². The van der Waals surface area contributed by atoms with Gasteiger partial charge in [0.15, 0.2) is 0 Å². The van der Waals surface area contributed by atoms with Crippen LogP contribution < -0.4 is 5.32 Å². The molecule has 2 aromatic rings. The van der Waals surface area contributed by atoms with Crippen molar-refractivity contribution in [3.8, 4) is 0 Å². The van der Waals surface area contributed by atoms with Gasteiger partial charge in [0.25, 0.3) is 0 Å². The van der Waals surface area contributed by atoms with Crippen LogP contribution in [0.1, 0.15) is 11.1 Å². The maximum absolute atomic E-state index is 12.4. The minimum atomic E-state index is -0.0128. The Kier molecular flexibility index (Phi) is 5.95. The number of hydrogen-bond donors (Lipinski definition) is 1. The Hall–Kier alpha value is -2.04. The molecule has 1 saturated heterocycles. The van der Waals surface area contributed by atoms with Gasteiger partial charge in [-0.1, -0.05) is 41.4 Å². The highest BCUT2D eigenvalue weighted by atomic mass is 35.5. The first-order valence-corrected chi connectivity index (χ1v) is 9.07. The van der Waals surface area contributed by atoms with E-state index in [4.69, 9.17) is 11.6 Å². The summed E-state index contributed by atoms with van der Waals surface area (Å²) in [5.41, 5.74) is 3.33. The Morgan fingerprint density at radius 1 is 1.00 bits per heavy atom. The molecule has 0 radical (unpaired) electrons. The second-order valence-corrected chi connectivity index (χ2v) is 6.94. The Balaban J connectivity index is 1.42. The van der Waals surface area contributed by atoms with Crippen LogP contribution in [-0.2, 0) is 6.42 Å². The van der Waals surface area contributed by atoms with Crippen molar-refractivity contribution in [3.05, 3.63) is 64.7 Å². The molecule has 4 nitrogen and oxygen atoms in total. The zero-order valence-electron chi connectivity index (χ0n) is 14.5. The van der Waals surface area contributed by atoms with E-state index < -0.39 is 0 Å². The van der Waals surface area contributed by atoms with E-state index in [1.165, 1.54) is 11.1 Å². The summed E-state index contributed by atoms with van der Waals surface area (Å²) in [6.07, 6.45) is 1.01. The molecule has 0 aliphatic carbocycles. The van der Waals surface area contributed by atoms with Crippen molar-refractivity contribution in [3.63, 3.8) is 0 Å². The highest BCUT2D eigenvalue weighted by molar-refractivity contribution is 6.30. The van der Waals surface area contributed by atoms with Gasteiger partial charge in [-0.15, -0.1) is 0 Å². The Morgan fingerprint density at radius 3 is 2.28 bits per heavy atom. The number of carbonyl (C=O) groups excluding carboxylic acids is 1. The number of benzene rings is 2. The molecule has 3 rings (SSSR count). The fraction of sp³-hybridized carbons (Fsp3) is 0.350. The third-order valence-corrected chi connectivity index (χ3v) is 4.84. The van der Waals surface area contributed by atoms with Gasteiger partial charge in [0, 0.05) is 43.4 Å². The first-order valence-electron chi connectivity index (χ1n) is 8.69. The lowest BCUT2D eigenvalue weighted by Crippen LogP contribution is -2.50. The van der Waals surface area contributed by atoms with Crippen LogP contribution in [0.15, 0.2) is 48.5 Å². The van der Waals surface area contributed by atoms with E-state index in [-0.39, 0.29) is 6.03 Å². The molecule has 0 spiro atoms. The molecule has 25 heavy (non-hydrogen) atoms. The van der Waals surface area contributed by atoms with Crippen molar-refractivity contribution >= 4 is 23.3 Å². The summed E-state index contributed by atoms with van der Waals surface area (Å²) < 4.78 is 0. The van der Waals surface area contributed by atoms with Crippen molar-refractivity contribution in [2.24, 2.45) is 0 Å². The number of nitrogens with one attached hydrogen (secondary N) is 1. The summed E-state index contributed by atoms with van der Waals surface area (Å²) in [7, 11) is 0. The summed E-state index contributed by atoms with van der Waals surface area (Å²) in [6.45, 7) is 6.39. The van der Waals surface area contributed by atoms with E-state index in [9.17, 15) is 4.79 Å². The van der Waals surface area contributed by atoms with E-state index in [1.807, 2.05) is 48.2 Å². The van der Waals surface area contributed by atoms with E-state index in [2.05, 4.69) is 22.3 Å². The third-order valence-electron chi connectivity index (χ3n) is 4.59. The number of amides is 2. The summed E-state index contributed by atoms with van der Waals surface area (Å²) in [5.74, 6) is 0. The van der Waals surface area contributed by atoms with Gasteiger partial charge in [-0.05, 0) is 43.2 Å². The minimum Gasteiger partial charge on any atom is -0.322 e. The van der Waals surface area contributed by atoms with Gasteiger partial charge in [0.2, 0.25) is 0 Å². The second kappa shape index (κ2) is 8.37. The van der Waals surface area contributed by atoms with Crippen LogP contribution >= 0.6 is 11.6 Å². The van der Waals surface area contributed by atoms with Gasteiger partial charge in [-0.3, -0.25) is 4.90 Å². The van der Waals surface area contributed by atoms with Gasteiger partial charge in [-0.25, -0.2) is 4.79 Å². The lowest BCUT2D eigenvalue weighted by molar-refractivity contribution is 0.148. The topological polar surface area (TPSA) is 35.6 Å². The summed E-state index contributed by atoms with van der Waals surface area (Å²) in [5, 5.41) is 3.75. The number of anilines is 1. The molecule has 132 valence electrons. The van der Waals surface area contributed by atoms with Crippen LogP contribution in [0.5, 0.6) is 0 Å². The minimum absolute atomic E-state index is 0.0128. The van der Waals surface area contributed by atoms with Crippen molar-refractivity contribution in [1.29, 1.82) is 0 Å². The predicted octanol–water partition coefficient (Wildman–Crippen LogP) is 4.04. The van der Waals surface area contributed by atoms with E-state index in [0.29, 0.717) is 0 Å². The molecule has 1 heterocycles. The molecule has 0 atom stereocenters. The largest absolute Gasteiger partial charge is 0.322 e. The van der Waals surface area contributed by atoms with Crippen LogP contribution in [0.3, 0.4) is 0 Å². The highest BCUT2D eigenvalue weighted by Gasteiger charge is 2.20. The van der Waals surface area contributed by atoms with Crippen LogP contribution in [0.25, 0.3) is 0 Å². The number of urea groups is 1. The highest BCUT2D eigenvalue weighted by Crippen LogP contribution is 2.13. The summed E-state index contributed by atoms with van der Waals surface area (Å²) >= 11 is 5.92. The number of rotatable bonds is 4. The lowest BCUT2D eigenvalue weighted by Gasteiger charge is -2.34. The number of nitrogens with zero attached hydrogens (tertiary/aromatic N) is 2. The zero-order chi connectivity index (χ0) is 17.6. The smallest absolute Gasteiger partial charge is 0.321 e. The molecule has 0 bridgehead atoms. The van der Waals surface area contributed by atoms with Crippen LogP contribution in [0.2, 0.25) is 5.02 Å². The van der Waals surface area contributed by atoms with E-state index in [1.54, 1.807) is 0 Å². The van der Waals surface area contributed by atoms with Crippen LogP contribution in [0, 0.1) is 6.92 Å². The van der Waals surface area contributed by atoms with Crippen molar-refractivity contribution in [2.45, 2.75) is 13.3 Å². The molecule has 0 aromatic heterocycles. The van der Waals surface area contributed by atoms with Crippen molar-refractivity contribution < 1.29 is 4.79 Å². The van der Waals surface area contributed by atoms with Crippen molar-refractivity contribution in [1.82, 2.24) is 9.80 Å². The van der Waals surface area contributed by atoms with E-state index in [0.717, 1.165) is 49.9 Å². The van der Waals surface area contributed by atoms with Gasteiger partial charge < -0.3 is 10.2 Å². The normalized spacial score (nSPS) is 15.2. The molecule has 0 saturated carbocycles. The maximum Gasteiger partial charge on any atom is 0.321 e. The number of carbonyl (C=O) groups is 1. The molecular weight excluding hydrogens is 334 g/mol. The molecule has 5 heteroatoms. The van der Waals surface area contributed by atoms with Gasteiger partial charge in [0.05, 0.1) is 0 Å². The monoisotopic (exact) mass is 357 g/mol. The molecule has 2 aromatic carbocycles. The molecular formula is C20H24ClN3O. The fourth-order valence-corrected chi connectivity index (χ4v) is 3.08. The summed E-state index contributed by atoms with van der Waals surface area (Å²) in [4.78, 5) is 16.6. The number of aryl methyl sites for hydroxylation is 1. The molecule has 2 amide bonds. The Bertz CT molecular complexity index is 692. The standard InChI is InChI=1S/C20H24ClN3O/c1-16-2-8-19(9-3-16)22-20(25)24-14-12-23(13-15-24)11-10-17-4-6-18(21)7-5-17/h2-9H,10-15H2,1H3,(H,22,25). The SMILES string of the molecule is Cc1ccc(NC(=O)N2CCN(CCc3ccc(Cl)cc3)CC2)cc1. The first-order chi connectivity index (χ1) is 12.1. The number of halogens is 1. The predicted molar refractivity (Wildman–Crippen MR) is 103 cm³/mol. The molecule has 1 aliphatic heterocycles. The van der Waals surface area contributed by atoms with Crippen LogP contribution in [0.4, 0.5) is 10.5 Å². The Morgan fingerprint density at radius 2 is 1.64 bits per heavy atom.